The Labute approximate surface area is 145 Å². The highest BCUT2D eigenvalue weighted by Gasteiger charge is 2.55. The molecular formula is C15H12ClF3N2O2S. The number of benzene rings is 1. The van der Waals surface area contributed by atoms with Crippen molar-refractivity contribution < 1.29 is 23.1 Å². The van der Waals surface area contributed by atoms with E-state index in [1.54, 1.807) is 30.6 Å². The normalized spacial score (nSPS) is 14.1. The van der Waals surface area contributed by atoms with E-state index in [2.05, 4.69) is 4.98 Å². The van der Waals surface area contributed by atoms with Crippen molar-refractivity contribution in [2.24, 2.45) is 0 Å². The number of carbonyl (C=O) groups excluding carboxylic acids is 1. The lowest BCUT2D eigenvalue weighted by Gasteiger charge is -2.25. The zero-order chi connectivity index (χ0) is 18.0. The molecule has 0 spiro atoms. The topological polar surface area (TPSA) is 62.2 Å². The molecule has 2 rings (SSSR count). The first-order chi connectivity index (χ1) is 11.1. The first-order valence-electron chi connectivity index (χ1n) is 6.59. The standard InChI is InChI=1S/C15H12ClF3N2O2S/c1-14(23,15(17,18)19)13(22)21-12-3-2-10(8-11(12)16)24-9-4-6-20-7-5-9/h2-8,23H,1H3,(H,21,22)/t14-/m1/s1. The maximum absolute atomic E-state index is 12.6. The lowest BCUT2D eigenvalue weighted by atomic mass is 10.1. The average molecular weight is 377 g/mol. The van der Waals surface area contributed by atoms with Crippen molar-refractivity contribution in [3.63, 3.8) is 0 Å². The summed E-state index contributed by atoms with van der Waals surface area (Å²) in [5.41, 5.74) is -3.54. The summed E-state index contributed by atoms with van der Waals surface area (Å²) in [6.07, 6.45) is -1.85. The van der Waals surface area contributed by atoms with E-state index in [0.717, 1.165) is 9.79 Å². The quantitative estimate of drug-likeness (QED) is 0.842. The summed E-state index contributed by atoms with van der Waals surface area (Å²) in [6, 6.07) is 8.04. The van der Waals surface area contributed by atoms with Crippen molar-refractivity contribution >= 4 is 35.0 Å². The molecular weight excluding hydrogens is 365 g/mol. The van der Waals surface area contributed by atoms with Crippen molar-refractivity contribution in [3.05, 3.63) is 47.7 Å². The van der Waals surface area contributed by atoms with E-state index in [4.69, 9.17) is 11.6 Å². The molecule has 0 saturated heterocycles. The van der Waals surface area contributed by atoms with Gasteiger partial charge in [-0.05, 0) is 37.3 Å². The number of halogens is 4. The van der Waals surface area contributed by atoms with Crippen LogP contribution >= 0.6 is 23.4 Å². The van der Waals surface area contributed by atoms with E-state index in [1.807, 2.05) is 5.32 Å². The Morgan fingerprint density at radius 2 is 1.83 bits per heavy atom. The number of alkyl halides is 3. The Morgan fingerprint density at radius 1 is 1.21 bits per heavy atom. The lowest BCUT2D eigenvalue weighted by molar-refractivity contribution is -0.242. The zero-order valence-electron chi connectivity index (χ0n) is 12.3. The first kappa shape index (κ1) is 18.6. The van der Waals surface area contributed by atoms with Gasteiger partial charge >= 0.3 is 6.18 Å². The fourth-order valence-electron chi connectivity index (χ4n) is 1.58. The highest BCUT2D eigenvalue weighted by atomic mass is 35.5. The number of aromatic nitrogens is 1. The van der Waals surface area contributed by atoms with E-state index in [0.29, 0.717) is 6.92 Å². The number of carbonyl (C=O) groups is 1. The van der Waals surface area contributed by atoms with Gasteiger partial charge in [0.2, 0.25) is 5.60 Å². The smallest absolute Gasteiger partial charge is 0.373 e. The number of hydrogen-bond acceptors (Lipinski definition) is 4. The number of aliphatic hydroxyl groups is 1. The summed E-state index contributed by atoms with van der Waals surface area (Å²) < 4.78 is 37.9. The van der Waals surface area contributed by atoms with Gasteiger partial charge in [0.25, 0.3) is 5.91 Å². The van der Waals surface area contributed by atoms with Gasteiger partial charge in [0, 0.05) is 22.2 Å². The number of hydrogen-bond donors (Lipinski definition) is 2. The highest BCUT2D eigenvalue weighted by molar-refractivity contribution is 7.99. The Morgan fingerprint density at radius 3 is 2.38 bits per heavy atom. The molecule has 0 aliphatic rings. The van der Waals surface area contributed by atoms with Crippen LogP contribution in [0.4, 0.5) is 18.9 Å². The summed E-state index contributed by atoms with van der Waals surface area (Å²) in [4.78, 5) is 17.2. The van der Waals surface area contributed by atoms with Gasteiger partial charge in [0.15, 0.2) is 0 Å². The monoisotopic (exact) mass is 376 g/mol. The van der Waals surface area contributed by atoms with Crippen LogP contribution in [0.1, 0.15) is 6.92 Å². The Balaban J connectivity index is 2.14. The number of anilines is 1. The second kappa shape index (κ2) is 7.00. The van der Waals surface area contributed by atoms with Crippen molar-refractivity contribution in [2.45, 2.75) is 28.5 Å². The van der Waals surface area contributed by atoms with Gasteiger partial charge in [-0.3, -0.25) is 9.78 Å². The fourth-order valence-corrected chi connectivity index (χ4v) is 2.71. The van der Waals surface area contributed by atoms with Crippen LogP contribution in [0.2, 0.25) is 5.02 Å². The predicted molar refractivity (Wildman–Crippen MR) is 85.1 cm³/mol. The van der Waals surface area contributed by atoms with E-state index in [-0.39, 0.29) is 10.7 Å². The third-order valence-electron chi connectivity index (χ3n) is 3.07. The maximum atomic E-state index is 12.6. The summed E-state index contributed by atoms with van der Waals surface area (Å²) in [7, 11) is 0. The van der Waals surface area contributed by atoms with Gasteiger partial charge in [0.1, 0.15) is 0 Å². The fraction of sp³-hybridized carbons (Fsp3) is 0.200. The summed E-state index contributed by atoms with van der Waals surface area (Å²) >= 11 is 7.37. The molecule has 4 nitrogen and oxygen atoms in total. The molecule has 24 heavy (non-hydrogen) atoms. The molecule has 1 aromatic heterocycles. The van der Waals surface area contributed by atoms with Crippen molar-refractivity contribution in [3.8, 4) is 0 Å². The third-order valence-corrected chi connectivity index (χ3v) is 4.38. The molecule has 9 heteroatoms. The minimum atomic E-state index is -5.10. The van der Waals surface area contributed by atoms with E-state index < -0.39 is 17.7 Å². The van der Waals surface area contributed by atoms with E-state index in [9.17, 15) is 23.1 Å². The third kappa shape index (κ3) is 4.19. The highest BCUT2D eigenvalue weighted by Crippen LogP contribution is 2.34. The molecule has 0 fully saturated rings. The molecule has 1 atom stereocenters. The molecule has 1 amide bonds. The van der Waals surface area contributed by atoms with Crippen LogP contribution in [-0.4, -0.2) is 27.8 Å². The molecule has 0 radical (unpaired) electrons. The molecule has 1 heterocycles. The summed E-state index contributed by atoms with van der Waals surface area (Å²) in [5.74, 6) is -1.61. The average Bonchev–Trinajstić information content (AvgIpc) is 2.49. The van der Waals surface area contributed by atoms with Crippen LogP contribution in [-0.2, 0) is 4.79 Å². The number of rotatable bonds is 4. The molecule has 2 aromatic rings. The van der Waals surface area contributed by atoms with Crippen LogP contribution in [0.15, 0.2) is 52.5 Å². The van der Waals surface area contributed by atoms with Crippen molar-refractivity contribution in [1.29, 1.82) is 0 Å². The van der Waals surface area contributed by atoms with Gasteiger partial charge in [-0.2, -0.15) is 13.2 Å². The predicted octanol–water partition coefficient (Wildman–Crippen LogP) is 4.14. The number of nitrogens with zero attached hydrogens (tertiary/aromatic N) is 1. The molecule has 0 aliphatic carbocycles. The Kier molecular flexibility index (Phi) is 5.42. The van der Waals surface area contributed by atoms with E-state index in [1.165, 1.54) is 23.9 Å². The second-order valence-electron chi connectivity index (χ2n) is 4.95. The van der Waals surface area contributed by atoms with Crippen LogP contribution in [0.25, 0.3) is 0 Å². The number of amides is 1. The molecule has 0 saturated carbocycles. The van der Waals surface area contributed by atoms with Crippen LogP contribution < -0.4 is 5.32 Å². The zero-order valence-corrected chi connectivity index (χ0v) is 13.8. The van der Waals surface area contributed by atoms with Gasteiger partial charge in [-0.15, -0.1) is 0 Å². The van der Waals surface area contributed by atoms with E-state index >= 15 is 0 Å². The summed E-state index contributed by atoms with van der Waals surface area (Å²) in [6.45, 7) is 0.379. The van der Waals surface area contributed by atoms with Crippen LogP contribution in [0.5, 0.6) is 0 Å². The Bertz CT molecular complexity index is 739. The van der Waals surface area contributed by atoms with Crippen LogP contribution in [0, 0.1) is 0 Å². The van der Waals surface area contributed by atoms with Gasteiger partial charge in [-0.1, -0.05) is 23.4 Å². The minimum Gasteiger partial charge on any atom is -0.373 e. The molecule has 128 valence electrons. The molecule has 0 bridgehead atoms. The maximum Gasteiger partial charge on any atom is 0.426 e. The minimum absolute atomic E-state index is 0.0229. The van der Waals surface area contributed by atoms with Gasteiger partial charge < -0.3 is 10.4 Å². The SMILES string of the molecule is C[C@@](O)(C(=O)Nc1ccc(Sc2ccncc2)cc1Cl)C(F)(F)F. The largest absolute Gasteiger partial charge is 0.426 e. The molecule has 1 aromatic carbocycles. The second-order valence-corrected chi connectivity index (χ2v) is 6.50. The van der Waals surface area contributed by atoms with Crippen molar-refractivity contribution in [1.82, 2.24) is 4.98 Å². The first-order valence-corrected chi connectivity index (χ1v) is 7.78. The molecule has 0 unspecified atom stereocenters. The lowest BCUT2D eigenvalue weighted by Crippen LogP contribution is -2.52. The van der Waals surface area contributed by atoms with Gasteiger partial charge in [0.05, 0.1) is 10.7 Å². The Hall–Kier alpha value is -1.77. The molecule has 0 aliphatic heterocycles. The van der Waals surface area contributed by atoms with Crippen LogP contribution in [0.3, 0.4) is 0 Å². The number of pyridine rings is 1. The van der Waals surface area contributed by atoms with Gasteiger partial charge in [-0.25, -0.2) is 0 Å². The number of nitrogens with one attached hydrogen (secondary N) is 1. The van der Waals surface area contributed by atoms with Crippen molar-refractivity contribution in [2.75, 3.05) is 5.32 Å². The molecule has 2 N–H and O–H groups in total. The summed E-state index contributed by atoms with van der Waals surface area (Å²) in [5, 5.41) is 11.4.